The van der Waals surface area contributed by atoms with Crippen molar-refractivity contribution in [1.82, 2.24) is 4.90 Å². The van der Waals surface area contributed by atoms with Crippen LogP contribution in [0.25, 0.3) is 0 Å². The molecule has 1 heterocycles. The average molecular weight is 300 g/mol. The monoisotopic (exact) mass is 300 g/mol. The summed E-state index contributed by atoms with van der Waals surface area (Å²) in [6.07, 6.45) is 3.26. The van der Waals surface area contributed by atoms with Crippen molar-refractivity contribution in [2.75, 3.05) is 13.1 Å². The Balaban J connectivity index is 1.98. The van der Waals surface area contributed by atoms with Gasteiger partial charge in [0.1, 0.15) is 0 Å². The van der Waals surface area contributed by atoms with Gasteiger partial charge >= 0.3 is 0 Å². The number of piperidine rings is 1. The molecule has 0 aromatic heterocycles. The van der Waals surface area contributed by atoms with Gasteiger partial charge in [0, 0.05) is 18.7 Å². The van der Waals surface area contributed by atoms with E-state index in [4.69, 9.17) is 5.26 Å². The summed E-state index contributed by atoms with van der Waals surface area (Å²) in [6.45, 7) is 4.87. The van der Waals surface area contributed by atoms with Gasteiger partial charge in [0.25, 0.3) is 5.91 Å². The Hall–Kier alpha value is -1.86. The Morgan fingerprint density at radius 2 is 2.09 bits per heavy atom. The predicted molar refractivity (Wildman–Crippen MR) is 85.3 cm³/mol. The number of hydrogen-bond donors (Lipinski definition) is 1. The zero-order valence-electron chi connectivity index (χ0n) is 13.4. The highest BCUT2D eigenvalue weighted by Crippen LogP contribution is 2.19. The average Bonchev–Trinajstić information content (AvgIpc) is 2.52. The largest absolute Gasteiger partial charge is 0.390 e. The fourth-order valence-corrected chi connectivity index (χ4v) is 2.71. The van der Waals surface area contributed by atoms with Gasteiger partial charge in [-0.1, -0.05) is 12.1 Å². The van der Waals surface area contributed by atoms with E-state index in [0.717, 1.165) is 31.4 Å². The molecule has 0 spiro atoms. The summed E-state index contributed by atoms with van der Waals surface area (Å²) in [4.78, 5) is 14.2. The van der Waals surface area contributed by atoms with Crippen LogP contribution in [0.3, 0.4) is 0 Å². The van der Waals surface area contributed by atoms with Crippen LogP contribution in [0.2, 0.25) is 0 Å². The first-order chi connectivity index (χ1) is 10.4. The minimum Gasteiger partial charge on any atom is -0.390 e. The minimum atomic E-state index is -0.672. The molecule has 1 aliphatic rings. The van der Waals surface area contributed by atoms with Crippen molar-refractivity contribution >= 4 is 5.91 Å². The molecule has 0 bridgehead atoms. The normalized spacial score (nSPS) is 18.8. The number of benzene rings is 1. The number of hydrogen-bond acceptors (Lipinski definition) is 3. The number of aryl methyl sites for hydroxylation is 1. The van der Waals surface area contributed by atoms with Gasteiger partial charge in [-0.15, -0.1) is 0 Å². The van der Waals surface area contributed by atoms with Crippen molar-refractivity contribution < 1.29 is 9.90 Å². The van der Waals surface area contributed by atoms with Crippen molar-refractivity contribution in [3.05, 3.63) is 35.4 Å². The fourth-order valence-electron chi connectivity index (χ4n) is 2.71. The summed E-state index contributed by atoms with van der Waals surface area (Å²) in [5.74, 6) is -0.0299. The maximum Gasteiger partial charge on any atom is 0.253 e. The number of nitrogens with zero attached hydrogens (tertiary/aromatic N) is 2. The maximum absolute atomic E-state index is 12.5. The third-order valence-electron chi connectivity index (χ3n) is 4.12. The Kier molecular flexibility index (Phi) is 5.20. The molecular formula is C18H24N2O2. The van der Waals surface area contributed by atoms with Crippen molar-refractivity contribution in [3.63, 3.8) is 0 Å². The standard InChI is InChI=1S/C18H24N2O2/c1-18(2,22)10-9-14-5-7-16(8-6-14)17(21)20-11-3-4-15(12-19)13-20/h5-8,15,22H,3-4,9-11,13H2,1-2H3/t15-/m1/s1. The van der Waals surface area contributed by atoms with Gasteiger partial charge in [-0.3, -0.25) is 4.79 Å². The molecule has 1 atom stereocenters. The van der Waals surface area contributed by atoms with Crippen molar-refractivity contribution in [2.45, 2.75) is 45.1 Å². The highest BCUT2D eigenvalue weighted by molar-refractivity contribution is 5.94. The van der Waals surface area contributed by atoms with Crippen molar-refractivity contribution in [2.24, 2.45) is 5.92 Å². The first-order valence-corrected chi connectivity index (χ1v) is 7.89. The van der Waals surface area contributed by atoms with Gasteiger partial charge in [0.05, 0.1) is 17.6 Å². The van der Waals surface area contributed by atoms with Crippen LogP contribution in [0.5, 0.6) is 0 Å². The lowest BCUT2D eigenvalue weighted by molar-refractivity contribution is 0.0694. The summed E-state index contributed by atoms with van der Waals surface area (Å²) >= 11 is 0. The number of nitriles is 1. The van der Waals surface area contributed by atoms with Gasteiger partial charge in [-0.25, -0.2) is 0 Å². The molecule has 1 amide bonds. The van der Waals surface area contributed by atoms with Crippen LogP contribution >= 0.6 is 0 Å². The zero-order valence-corrected chi connectivity index (χ0v) is 13.4. The van der Waals surface area contributed by atoms with Crippen LogP contribution in [0.15, 0.2) is 24.3 Å². The number of amides is 1. The van der Waals surface area contributed by atoms with Crippen molar-refractivity contribution in [3.8, 4) is 6.07 Å². The molecule has 1 saturated heterocycles. The van der Waals surface area contributed by atoms with Crippen LogP contribution in [0.1, 0.15) is 49.0 Å². The zero-order chi connectivity index (χ0) is 16.2. The SMILES string of the molecule is CC(C)(O)CCc1ccc(C(=O)N2CCC[C@H](C#N)C2)cc1. The lowest BCUT2D eigenvalue weighted by atomic mass is 9.97. The molecule has 1 aromatic carbocycles. The molecule has 118 valence electrons. The topological polar surface area (TPSA) is 64.3 Å². The molecule has 22 heavy (non-hydrogen) atoms. The predicted octanol–water partition coefficient (Wildman–Crippen LogP) is 2.77. The summed E-state index contributed by atoms with van der Waals surface area (Å²) in [5.41, 5.74) is 1.12. The lowest BCUT2D eigenvalue weighted by Crippen LogP contribution is -2.39. The summed E-state index contributed by atoms with van der Waals surface area (Å²) in [6, 6.07) is 9.85. The Labute approximate surface area is 132 Å². The summed E-state index contributed by atoms with van der Waals surface area (Å²) < 4.78 is 0. The number of aliphatic hydroxyl groups is 1. The van der Waals surface area contributed by atoms with E-state index in [9.17, 15) is 9.90 Å². The molecule has 4 heteroatoms. The molecular weight excluding hydrogens is 276 g/mol. The number of rotatable bonds is 4. The van der Waals surface area contributed by atoms with Crippen LogP contribution < -0.4 is 0 Å². The molecule has 0 saturated carbocycles. The molecule has 1 aliphatic heterocycles. The second kappa shape index (κ2) is 6.93. The van der Waals surface area contributed by atoms with E-state index in [-0.39, 0.29) is 11.8 Å². The van der Waals surface area contributed by atoms with Gasteiger partial charge in [-0.05, 0) is 57.2 Å². The first kappa shape index (κ1) is 16.5. The van der Waals surface area contributed by atoms with Gasteiger partial charge in [0.2, 0.25) is 0 Å². The van der Waals surface area contributed by atoms with E-state index in [1.807, 2.05) is 24.3 Å². The molecule has 0 radical (unpaired) electrons. The van der Waals surface area contributed by atoms with Crippen LogP contribution in [-0.4, -0.2) is 34.6 Å². The van der Waals surface area contributed by atoms with E-state index in [1.165, 1.54) is 0 Å². The van der Waals surface area contributed by atoms with E-state index >= 15 is 0 Å². The molecule has 2 rings (SSSR count). The first-order valence-electron chi connectivity index (χ1n) is 7.89. The second-order valence-electron chi connectivity index (χ2n) is 6.73. The highest BCUT2D eigenvalue weighted by atomic mass is 16.3. The number of carbonyl (C=O) groups is 1. The van der Waals surface area contributed by atoms with Gasteiger partial charge < -0.3 is 10.0 Å². The quantitative estimate of drug-likeness (QED) is 0.930. The minimum absolute atomic E-state index is 0.00832. The Bertz CT molecular complexity index is 552. The molecule has 1 N–H and O–H groups in total. The fraction of sp³-hybridized carbons (Fsp3) is 0.556. The maximum atomic E-state index is 12.5. The lowest BCUT2D eigenvalue weighted by Gasteiger charge is -2.29. The van der Waals surface area contributed by atoms with Crippen LogP contribution in [0, 0.1) is 17.2 Å². The molecule has 1 fully saturated rings. The molecule has 0 aliphatic carbocycles. The Morgan fingerprint density at radius 3 is 2.68 bits per heavy atom. The smallest absolute Gasteiger partial charge is 0.253 e. The number of carbonyl (C=O) groups excluding carboxylic acids is 1. The van der Waals surface area contributed by atoms with Crippen LogP contribution in [0.4, 0.5) is 0 Å². The van der Waals surface area contributed by atoms with E-state index < -0.39 is 5.60 Å². The summed E-state index contributed by atoms with van der Waals surface area (Å²) in [7, 11) is 0. The van der Waals surface area contributed by atoms with Gasteiger partial charge in [0.15, 0.2) is 0 Å². The Morgan fingerprint density at radius 1 is 1.41 bits per heavy atom. The highest BCUT2D eigenvalue weighted by Gasteiger charge is 2.24. The van der Waals surface area contributed by atoms with Crippen LogP contribution in [-0.2, 0) is 6.42 Å². The molecule has 1 aromatic rings. The summed E-state index contributed by atoms with van der Waals surface area (Å²) in [5, 5.41) is 18.8. The van der Waals surface area contributed by atoms with E-state index in [0.29, 0.717) is 18.5 Å². The van der Waals surface area contributed by atoms with Crippen molar-refractivity contribution in [1.29, 1.82) is 5.26 Å². The van der Waals surface area contributed by atoms with Gasteiger partial charge in [-0.2, -0.15) is 5.26 Å². The van der Waals surface area contributed by atoms with E-state index in [2.05, 4.69) is 6.07 Å². The third-order valence-corrected chi connectivity index (χ3v) is 4.12. The molecule has 4 nitrogen and oxygen atoms in total. The van der Waals surface area contributed by atoms with E-state index in [1.54, 1.807) is 18.7 Å². The third kappa shape index (κ3) is 4.57. The second-order valence-corrected chi connectivity index (χ2v) is 6.73. The molecule has 0 unspecified atom stereocenters. The number of likely N-dealkylation sites (tertiary alicyclic amines) is 1.